The van der Waals surface area contributed by atoms with E-state index in [-0.39, 0.29) is 5.91 Å². The van der Waals surface area contributed by atoms with Gasteiger partial charge >= 0.3 is 0 Å². The molecule has 8 bridgehead atoms. The number of nitrogens with one attached hydrogen (secondary N) is 2. The molecule has 3 aromatic rings. The van der Waals surface area contributed by atoms with E-state index in [2.05, 4.69) is 48.5 Å². The first-order chi connectivity index (χ1) is 19.2. The molecule has 4 aliphatic heterocycles. The van der Waals surface area contributed by atoms with E-state index in [1.165, 1.54) is 11.3 Å². The summed E-state index contributed by atoms with van der Waals surface area (Å²) in [5.74, 6) is 1.32. The number of morpholine rings is 1. The Labute approximate surface area is 228 Å². The molecule has 204 valence electrons. The van der Waals surface area contributed by atoms with Gasteiger partial charge in [-0.1, -0.05) is 12.1 Å². The lowest BCUT2D eigenvalue weighted by Gasteiger charge is -2.36. The molecule has 0 radical (unpaired) electrons. The van der Waals surface area contributed by atoms with Gasteiger partial charge in [-0.05, 0) is 42.0 Å². The number of carbonyl (C=O) groups is 1. The first kappa shape index (κ1) is 25.5. The lowest BCUT2D eigenvalue weighted by Crippen LogP contribution is -2.49. The highest BCUT2D eigenvalue weighted by atomic mass is 16.5. The van der Waals surface area contributed by atoms with Gasteiger partial charge in [0.15, 0.2) is 0 Å². The van der Waals surface area contributed by atoms with Crippen LogP contribution in [-0.4, -0.2) is 97.9 Å². The number of rotatable bonds is 1. The Kier molecular flexibility index (Phi) is 7.85. The number of amides is 1. The first-order valence-corrected chi connectivity index (χ1v) is 13.7. The summed E-state index contributed by atoms with van der Waals surface area (Å²) < 4.78 is 11.5. The smallest absolute Gasteiger partial charge is 0.234 e. The lowest BCUT2D eigenvalue weighted by atomic mass is 10.1. The highest BCUT2D eigenvalue weighted by Gasteiger charge is 2.22. The number of benzene rings is 2. The number of nitrogens with zero attached hydrogens (tertiary/aromatic N) is 5. The van der Waals surface area contributed by atoms with E-state index in [0.717, 1.165) is 81.7 Å². The van der Waals surface area contributed by atoms with E-state index in [9.17, 15) is 4.79 Å². The second kappa shape index (κ2) is 12.0. The molecule has 4 aliphatic rings. The van der Waals surface area contributed by atoms with Crippen molar-refractivity contribution in [2.75, 3.05) is 82.4 Å². The molecule has 0 atom stereocenters. The summed E-state index contributed by atoms with van der Waals surface area (Å²) in [6.45, 7) is 8.93. The van der Waals surface area contributed by atoms with Crippen molar-refractivity contribution in [1.82, 2.24) is 25.1 Å². The number of aromatic nitrogens is 2. The zero-order chi connectivity index (χ0) is 26.4. The minimum absolute atomic E-state index is 0.0357. The van der Waals surface area contributed by atoms with Crippen LogP contribution in [-0.2, 0) is 16.1 Å². The van der Waals surface area contributed by atoms with Crippen LogP contribution in [0.4, 0.5) is 17.3 Å². The highest BCUT2D eigenvalue weighted by molar-refractivity contribution is 5.78. The zero-order valence-corrected chi connectivity index (χ0v) is 22.1. The molecule has 1 amide bonds. The molecule has 2 aromatic carbocycles. The summed E-state index contributed by atoms with van der Waals surface area (Å²) in [6.07, 6.45) is 1.77. The average Bonchev–Trinajstić information content (AvgIpc) is 2.97. The molecule has 10 nitrogen and oxygen atoms in total. The molecule has 10 heteroatoms. The van der Waals surface area contributed by atoms with Crippen LogP contribution in [0.2, 0.25) is 0 Å². The third kappa shape index (κ3) is 6.47. The standard InChI is InChI=1S/C29H35N7O3/c37-28-21-35-11-9-34(10-12-35)20-23-18-24(4-5-27(23)36-13-16-38-17-14-36)32-29-31-7-6-26(33-29)22-2-1-3-25(19-22)39-15-8-30-28/h1-7,18-19H,8-17,20-21H2,(H,30,37)(H,31,32,33). The van der Waals surface area contributed by atoms with Crippen molar-refractivity contribution in [3.8, 4) is 17.0 Å². The van der Waals surface area contributed by atoms with Gasteiger partial charge in [-0.25, -0.2) is 9.97 Å². The van der Waals surface area contributed by atoms with E-state index >= 15 is 0 Å². The molecule has 2 fully saturated rings. The van der Waals surface area contributed by atoms with Crippen molar-refractivity contribution < 1.29 is 14.3 Å². The van der Waals surface area contributed by atoms with Crippen molar-refractivity contribution in [3.63, 3.8) is 0 Å². The molecule has 7 rings (SSSR count). The summed E-state index contributed by atoms with van der Waals surface area (Å²) >= 11 is 0. The number of hydrogen-bond acceptors (Lipinski definition) is 9. The predicted molar refractivity (Wildman–Crippen MR) is 150 cm³/mol. The number of hydrogen-bond donors (Lipinski definition) is 2. The Morgan fingerprint density at radius 3 is 2.51 bits per heavy atom. The normalized spacial score (nSPS) is 22.2. The topological polar surface area (TPSA) is 95.1 Å². The zero-order valence-electron chi connectivity index (χ0n) is 22.1. The van der Waals surface area contributed by atoms with Gasteiger partial charge in [-0.3, -0.25) is 14.6 Å². The number of carbonyl (C=O) groups excluding carboxylic acids is 1. The van der Waals surface area contributed by atoms with E-state index in [4.69, 9.17) is 14.5 Å². The van der Waals surface area contributed by atoms with Gasteiger partial charge in [-0.2, -0.15) is 0 Å². The predicted octanol–water partition coefficient (Wildman–Crippen LogP) is 2.35. The van der Waals surface area contributed by atoms with E-state index in [0.29, 0.717) is 25.6 Å². The second-order valence-corrected chi connectivity index (χ2v) is 10.1. The van der Waals surface area contributed by atoms with Crippen LogP contribution in [0.15, 0.2) is 54.7 Å². The molecule has 0 aliphatic carbocycles. The Bertz CT molecular complexity index is 1290. The minimum atomic E-state index is 0.0357. The van der Waals surface area contributed by atoms with Crippen LogP contribution >= 0.6 is 0 Å². The molecular formula is C29H35N7O3. The quantitative estimate of drug-likeness (QED) is 0.493. The van der Waals surface area contributed by atoms with Gasteiger partial charge in [0.1, 0.15) is 12.4 Å². The van der Waals surface area contributed by atoms with Gasteiger partial charge in [0, 0.05) is 68.9 Å². The first-order valence-electron chi connectivity index (χ1n) is 13.7. The number of ether oxygens (including phenoxy) is 2. The Hall–Kier alpha value is -3.73. The fourth-order valence-electron chi connectivity index (χ4n) is 5.32. The lowest BCUT2D eigenvalue weighted by molar-refractivity contribution is -0.122. The maximum Gasteiger partial charge on any atom is 0.234 e. The molecule has 2 saturated heterocycles. The third-order valence-corrected chi connectivity index (χ3v) is 7.39. The summed E-state index contributed by atoms with van der Waals surface area (Å²) in [5.41, 5.74) is 5.21. The van der Waals surface area contributed by atoms with Crippen molar-refractivity contribution in [3.05, 3.63) is 60.3 Å². The molecule has 5 heterocycles. The third-order valence-electron chi connectivity index (χ3n) is 7.39. The summed E-state index contributed by atoms with van der Waals surface area (Å²) in [6, 6.07) is 16.2. The monoisotopic (exact) mass is 529 g/mol. The van der Waals surface area contributed by atoms with Gasteiger partial charge < -0.3 is 25.0 Å². The van der Waals surface area contributed by atoms with E-state index in [1.54, 1.807) is 6.20 Å². The Balaban J connectivity index is 1.31. The van der Waals surface area contributed by atoms with Gasteiger partial charge in [0.05, 0.1) is 32.0 Å². The molecule has 39 heavy (non-hydrogen) atoms. The SMILES string of the molecule is O=C1CN2CCN(CC2)Cc2cc(ccc2N2CCOCC2)Nc2nccc(n2)-c2cccc(c2)OCCN1. The Morgan fingerprint density at radius 2 is 1.67 bits per heavy atom. The maximum absolute atomic E-state index is 12.5. The van der Waals surface area contributed by atoms with E-state index in [1.807, 2.05) is 30.3 Å². The van der Waals surface area contributed by atoms with Crippen LogP contribution in [0.25, 0.3) is 11.3 Å². The van der Waals surface area contributed by atoms with Gasteiger partial charge in [0.25, 0.3) is 0 Å². The molecule has 0 saturated carbocycles. The second-order valence-electron chi connectivity index (χ2n) is 10.1. The molecular weight excluding hydrogens is 494 g/mol. The minimum Gasteiger partial charge on any atom is -0.492 e. The number of anilines is 3. The molecule has 1 aromatic heterocycles. The van der Waals surface area contributed by atoms with Crippen molar-refractivity contribution >= 4 is 23.2 Å². The van der Waals surface area contributed by atoms with Gasteiger partial charge in [-0.15, -0.1) is 0 Å². The largest absolute Gasteiger partial charge is 0.492 e. The summed E-state index contributed by atoms with van der Waals surface area (Å²) in [7, 11) is 0. The van der Waals surface area contributed by atoms with Crippen LogP contribution < -0.4 is 20.3 Å². The van der Waals surface area contributed by atoms with Crippen LogP contribution in [0, 0.1) is 0 Å². The molecule has 0 unspecified atom stereocenters. The van der Waals surface area contributed by atoms with Crippen LogP contribution in [0.3, 0.4) is 0 Å². The summed E-state index contributed by atoms with van der Waals surface area (Å²) in [5, 5.41) is 6.42. The average molecular weight is 530 g/mol. The molecule has 2 N–H and O–H groups in total. The van der Waals surface area contributed by atoms with Crippen molar-refractivity contribution in [1.29, 1.82) is 0 Å². The van der Waals surface area contributed by atoms with Gasteiger partial charge in [0.2, 0.25) is 11.9 Å². The van der Waals surface area contributed by atoms with Crippen molar-refractivity contribution in [2.24, 2.45) is 0 Å². The van der Waals surface area contributed by atoms with Crippen LogP contribution in [0.5, 0.6) is 5.75 Å². The maximum atomic E-state index is 12.5. The number of piperazine rings is 1. The summed E-state index contributed by atoms with van der Waals surface area (Å²) in [4.78, 5) is 28.9. The van der Waals surface area contributed by atoms with Crippen molar-refractivity contribution in [2.45, 2.75) is 6.54 Å². The molecule has 0 spiro atoms. The fraction of sp³-hybridized carbons (Fsp3) is 0.414. The highest BCUT2D eigenvalue weighted by Crippen LogP contribution is 2.29. The van der Waals surface area contributed by atoms with Crippen LogP contribution in [0.1, 0.15) is 5.56 Å². The fourth-order valence-corrected chi connectivity index (χ4v) is 5.32. The Morgan fingerprint density at radius 1 is 0.846 bits per heavy atom. The van der Waals surface area contributed by atoms with E-state index < -0.39 is 0 Å². The number of fused-ring (bicyclic) bond motifs is 7.